The van der Waals surface area contributed by atoms with Crippen LogP contribution in [-0.2, 0) is 4.79 Å². The number of rotatable bonds is 2. The summed E-state index contributed by atoms with van der Waals surface area (Å²) in [5.74, 6) is 0.811. The van der Waals surface area contributed by atoms with Crippen molar-refractivity contribution in [2.45, 2.75) is 6.10 Å². The van der Waals surface area contributed by atoms with Crippen LogP contribution in [0.25, 0.3) is 0 Å². The minimum Gasteiger partial charge on any atom is -0.485 e. The van der Waals surface area contributed by atoms with Crippen molar-refractivity contribution < 1.29 is 14.3 Å². The van der Waals surface area contributed by atoms with E-state index in [1.54, 1.807) is 12.1 Å². The maximum Gasteiger partial charge on any atom is 0.283 e. The van der Waals surface area contributed by atoms with Gasteiger partial charge in [-0.05, 0) is 36.5 Å². The number of ether oxygens (including phenoxy) is 2. The molecule has 2 aromatic rings. The van der Waals surface area contributed by atoms with Gasteiger partial charge in [-0.1, -0.05) is 30.3 Å². The molecule has 0 saturated heterocycles. The molecule has 3 N–H and O–H groups in total. The van der Waals surface area contributed by atoms with Gasteiger partial charge >= 0.3 is 0 Å². The summed E-state index contributed by atoms with van der Waals surface area (Å²) in [5.41, 5.74) is 5.97. The number of amides is 1. The Hall–Kier alpha value is -2.80. The summed E-state index contributed by atoms with van der Waals surface area (Å²) < 4.78 is 11.1. The normalized spacial score (nSPS) is 15.4. The van der Waals surface area contributed by atoms with Gasteiger partial charge in [-0.25, -0.2) is 0 Å². The standard InChI is InChI=1S/C16H15N3O3S/c20-15(14-10-21-12-8-4-5-9-13(12)22-14)18-19-16(23)17-11-6-2-1-3-7-11/h1-9,14H,10H2,(H,18,20)(H2,17,19,23)/t14-/m1/s1. The summed E-state index contributed by atoms with van der Waals surface area (Å²) >= 11 is 5.11. The van der Waals surface area contributed by atoms with Gasteiger partial charge in [0.2, 0.25) is 6.10 Å². The second kappa shape index (κ2) is 6.97. The molecule has 1 amide bonds. The van der Waals surface area contributed by atoms with E-state index in [0.29, 0.717) is 11.5 Å². The fraction of sp³-hybridized carbons (Fsp3) is 0.125. The SMILES string of the molecule is O=C(NNC(=S)Nc1ccccc1)[C@H]1COc2ccccc2O1. The third kappa shape index (κ3) is 3.89. The predicted molar refractivity (Wildman–Crippen MR) is 90.3 cm³/mol. The maximum absolute atomic E-state index is 12.1. The molecule has 6 nitrogen and oxygen atoms in total. The Morgan fingerprint density at radius 2 is 1.70 bits per heavy atom. The molecule has 0 unspecified atom stereocenters. The first-order chi connectivity index (χ1) is 11.2. The minimum atomic E-state index is -0.739. The number of para-hydroxylation sites is 3. The Balaban J connectivity index is 1.49. The third-order valence-electron chi connectivity index (χ3n) is 3.13. The Morgan fingerprint density at radius 1 is 1.00 bits per heavy atom. The summed E-state index contributed by atoms with van der Waals surface area (Å²) in [7, 11) is 0. The molecule has 118 valence electrons. The van der Waals surface area contributed by atoms with Crippen LogP contribution in [0, 0.1) is 0 Å². The van der Waals surface area contributed by atoms with Crippen LogP contribution >= 0.6 is 12.2 Å². The topological polar surface area (TPSA) is 71.6 Å². The number of fused-ring (bicyclic) bond motifs is 1. The summed E-state index contributed by atoms with van der Waals surface area (Å²) in [6.45, 7) is 0.142. The van der Waals surface area contributed by atoms with Crippen LogP contribution in [0.2, 0.25) is 0 Å². The van der Waals surface area contributed by atoms with Gasteiger partial charge in [0.15, 0.2) is 16.6 Å². The molecule has 1 aliphatic rings. The van der Waals surface area contributed by atoms with Crippen LogP contribution in [0.1, 0.15) is 0 Å². The van der Waals surface area contributed by atoms with E-state index in [-0.39, 0.29) is 17.6 Å². The van der Waals surface area contributed by atoms with Gasteiger partial charge in [-0.2, -0.15) is 0 Å². The molecule has 0 fully saturated rings. The Morgan fingerprint density at radius 3 is 2.48 bits per heavy atom. The highest BCUT2D eigenvalue weighted by atomic mass is 32.1. The number of nitrogens with one attached hydrogen (secondary N) is 3. The molecule has 1 aliphatic heterocycles. The van der Waals surface area contributed by atoms with E-state index >= 15 is 0 Å². The molecule has 23 heavy (non-hydrogen) atoms. The average Bonchev–Trinajstić information content (AvgIpc) is 2.60. The lowest BCUT2D eigenvalue weighted by atomic mass is 10.2. The van der Waals surface area contributed by atoms with Gasteiger partial charge in [-0.15, -0.1) is 0 Å². The van der Waals surface area contributed by atoms with Crippen LogP contribution in [0.15, 0.2) is 54.6 Å². The van der Waals surface area contributed by atoms with Crippen LogP contribution in [0.5, 0.6) is 11.5 Å². The van der Waals surface area contributed by atoms with Crippen molar-refractivity contribution in [1.82, 2.24) is 10.9 Å². The molecule has 0 bridgehead atoms. The number of thiocarbonyl (C=S) groups is 1. The Bertz CT molecular complexity index is 709. The first-order valence-corrected chi connectivity index (χ1v) is 7.43. The molecule has 2 aromatic carbocycles. The zero-order valence-electron chi connectivity index (χ0n) is 12.1. The lowest BCUT2D eigenvalue weighted by Crippen LogP contribution is -2.51. The molecule has 0 aromatic heterocycles. The van der Waals surface area contributed by atoms with Crippen molar-refractivity contribution in [2.24, 2.45) is 0 Å². The number of hydrogen-bond acceptors (Lipinski definition) is 4. The van der Waals surface area contributed by atoms with Crippen LogP contribution in [-0.4, -0.2) is 23.7 Å². The molecule has 0 saturated carbocycles. The first kappa shape index (κ1) is 15.1. The average molecular weight is 329 g/mol. The van der Waals surface area contributed by atoms with Crippen molar-refractivity contribution in [3.8, 4) is 11.5 Å². The molecule has 1 heterocycles. The van der Waals surface area contributed by atoms with E-state index in [1.165, 1.54) is 0 Å². The molecular formula is C16H15N3O3S. The zero-order valence-corrected chi connectivity index (χ0v) is 12.9. The first-order valence-electron chi connectivity index (χ1n) is 7.03. The van der Waals surface area contributed by atoms with Crippen LogP contribution in [0.3, 0.4) is 0 Å². The molecule has 0 spiro atoms. The fourth-order valence-corrected chi connectivity index (χ4v) is 2.20. The van der Waals surface area contributed by atoms with E-state index in [9.17, 15) is 4.79 Å². The molecule has 0 aliphatic carbocycles. The van der Waals surface area contributed by atoms with Gasteiger partial charge in [0.25, 0.3) is 5.91 Å². The van der Waals surface area contributed by atoms with Gasteiger partial charge in [0, 0.05) is 5.69 Å². The number of benzene rings is 2. The van der Waals surface area contributed by atoms with Gasteiger partial charge < -0.3 is 14.8 Å². The van der Waals surface area contributed by atoms with Gasteiger partial charge in [-0.3, -0.25) is 15.6 Å². The van der Waals surface area contributed by atoms with E-state index in [2.05, 4.69) is 16.2 Å². The minimum absolute atomic E-state index is 0.142. The number of anilines is 1. The van der Waals surface area contributed by atoms with E-state index in [1.807, 2.05) is 42.5 Å². The van der Waals surface area contributed by atoms with Crippen molar-refractivity contribution >= 4 is 28.9 Å². The van der Waals surface area contributed by atoms with Gasteiger partial charge in [0.1, 0.15) is 6.61 Å². The molecule has 3 rings (SSSR count). The highest BCUT2D eigenvalue weighted by molar-refractivity contribution is 7.80. The second-order valence-electron chi connectivity index (χ2n) is 4.80. The van der Waals surface area contributed by atoms with E-state index in [0.717, 1.165) is 5.69 Å². The lowest BCUT2D eigenvalue weighted by Gasteiger charge is -2.25. The lowest BCUT2D eigenvalue weighted by molar-refractivity contribution is -0.130. The zero-order chi connectivity index (χ0) is 16.1. The number of hydrazine groups is 1. The molecular weight excluding hydrogens is 314 g/mol. The van der Waals surface area contributed by atoms with Crippen molar-refractivity contribution in [2.75, 3.05) is 11.9 Å². The van der Waals surface area contributed by atoms with E-state index < -0.39 is 6.10 Å². The second-order valence-corrected chi connectivity index (χ2v) is 5.21. The van der Waals surface area contributed by atoms with Crippen LogP contribution in [0.4, 0.5) is 5.69 Å². The fourth-order valence-electron chi connectivity index (χ4n) is 2.03. The monoisotopic (exact) mass is 329 g/mol. The molecule has 1 atom stereocenters. The Labute approximate surface area is 138 Å². The number of hydrogen-bond donors (Lipinski definition) is 3. The van der Waals surface area contributed by atoms with E-state index in [4.69, 9.17) is 21.7 Å². The molecule has 7 heteroatoms. The summed E-state index contributed by atoms with van der Waals surface area (Å²) in [6.07, 6.45) is -0.739. The van der Waals surface area contributed by atoms with Crippen molar-refractivity contribution in [1.29, 1.82) is 0 Å². The summed E-state index contributed by atoms with van der Waals surface area (Å²) in [6, 6.07) is 16.6. The highest BCUT2D eigenvalue weighted by Gasteiger charge is 2.27. The van der Waals surface area contributed by atoms with Crippen molar-refractivity contribution in [3.63, 3.8) is 0 Å². The van der Waals surface area contributed by atoms with Crippen molar-refractivity contribution in [3.05, 3.63) is 54.6 Å². The highest BCUT2D eigenvalue weighted by Crippen LogP contribution is 2.30. The quantitative estimate of drug-likeness (QED) is 0.577. The maximum atomic E-state index is 12.1. The largest absolute Gasteiger partial charge is 0.485 e. The van der Waals surface area contributed by atoms with Crippen LogP contribution < -0.4 is 25.6 Å². The third-order valence-corrected chi connectivity index (χ3v) is 3.34. The summed E-state index contributed by atoms with van der Waals surface area (Å²) in [4.78, 5) is 12.1. The predicted octanol–water partition coefficient (Wildman–Crippen LogP) is 1.84. The van der Waals surface area contributed by atoms with Gasteiger partial charge in [0.05, 0.1) is 0 Å². The Kier molecular flexibility index (Phi) is 4.58. The smallest absolute Gasteiger partial charge is 0.283 e. The number of carbonyl (C=O) groups excluding carboxylic acids is 1. The molecule has 0 radical (unpaired) electrons. The number of carbonyl (C=O) groups is 1. The summed E-state index contributed by atoms with van der Waals surface area (Å²) in [5, 5.41) is 3.23.